The number of rotatable bonds is 2. The molecule has 2 aliphatic rings. The van der Waals surface area contributed by atoms with Gasteiger partial charge in [-0.1, -0.05) is 65.4 Å². The van der Waals surface area contributed by atoms with E-state index in [1.807, 2.05) is 49.4 Å². The van der Waals surface area contributed by atoms with Crippen molar-refractivity contribution in [2.75, 3.05) is 0 Å². The molecule has 1 atom stereocenters. The highest BCUT2D eigenvalue weighted by atomic mass is 35.5. The predicted octanol–water partition coefficient (Wildman–Crippen LogP) is 4.87. The first-order valence-electron chi connectivity index (χ1n) is 10.5. The van der Waals surface area contributed by atoms with Gasteiger partial charge in [0.1, 0.15) is 11.5 Å². The van der Waals surface area contributed by atoms with Crippen LogP contribution in [0.5, 0.6) is 0 Å². The van der Waals surface area contributed by atoms with Crippen LogP contribution in [0.1, 0.15) is 40.7 Å². The number of nitrogens with zero attached hydrogens (tertiary/aromatic N) is 2. The minimum absolute atomic E-state index is 0.0712. The van der Waals surface area contributed by atoms with Crippen LogP contribution in [-0.4, -0.2) is 4.57 Å². The van der Waals surface area contributed by atoms with Crippen molar-refractivity contribution in [3.8, 4) is 0 Å². The summed E-state index contributed by atoms with van der Waals surface area (Å²) >= 11 is 8.05. The van der Waals surface area contributed by atoms with E-state index in [1.54, 1.807) is 10.6 Å². The van der Waals surface area contributed by atoms with Crippen molar-refractivity contribution in [3.63, 3.8) is 0 Å². The summed E-state index contributed by atoms with van der Waals surface area (Å²) in [6.07, 6.45) is 3.56. The number of hydrogen-bond acceptors (Lipinski definition) is 4. The standard InChI is InChI=1S/C26H19ClN2O2S/c1-15-10-12-17(31-15)14-22-25(30)29-24(19-8-4-5-9-21(19)27)20-13-11-16-6-2-3-7-18(16)23(20)28-26(29)32-22/h2-10,12,14,24H,11,13H2,1H3/b22-14-. The maximum Gasteiger partial charge on any atom is 0.271 e. The Balaban J connectivity index is 1.66. The van der Waals surface area contributed by atoms with Crippen LogP contribution in [0.25, 0.3) is 11.8 Å². The van der Waals surface area contributed by atoms with Gasteiger partial charge < -0.3 is 4.42 Å². The summed E-state index contributed by atoms with van der Waals surface area (Å²) in [5.41, 5.74) is 5.40. The first kappa shape index (κ1) is 19.5. The van der Waals surface area contributed by atoms with Crippen LogP contribution < -0.4 is 14.9 Å². The zero-order chi connectivity index (χ0) is 21.8. The average molecular weight is 459 g/mol. The molecule has 1 aliphatic carbocycles. The summed E-state index contributed by atoms with van der Waals surface area (Å²) in [6, 6.07) is 19.7. The predicted molar refractivity (Wildman–Crippen MR) is 128 cm³/mol. The third-order valence-electron chi connectivity index (χ3n) is 6.11. The van der Waals surface area contributed by atoms with Crippen molar-refractivity contribution >= 4 is 34.7 Å². The van der Waals surface area contributed by atoms with Crippen molar-refractivity contribution in [2.45, 2.75) is 25.8 Å². The van der Waals surface area contributed by atoms with Gasteiger partial charge in [-0.2, -0.15) is 0 Å². The summed E-state index contributed by atoms with van der Waals surface area (Å²) < 4.78 is 8.09. The molecule has 0 saturated carbocycles. The van der Waals surface area contributed by atoms with E-state index < -0.39 is 0 Å². The van der Waals surface area contributed by atoms with Crippen LogP contribution in [0.3, 0.4) is 0 Å². The van der Waals surface area contributed by atoms with Gasteiger partial charge in [-0.05, 0) is 54.7 Å². The molecule has 0 fully saturated rings. The van der Waals surface area contributed by atoms with Crippen LogP contribution in [0, 0.1) is 6.92 Å². The molecule has 0 bridgehead atoms. The summed E-state index contributed by atoms with van der Waals surface area (Å²) in [4.78, 5) is 19.3. The lowest BCUT2D eigenvalue weighted by molar-refractivity contribution is 0.524. The highest BCUT2D eigenvalue weighted by Gasteiger charge is 2.33. The monoisotopic (exact) mass is 458 g/mol. The molecule has 3 heterocycles. The van der Waals surface area contributed by atoms with Gasteiger partial charge in [-0.25, -0.2) is 4.99 Å². The molecule has 6 heteroatoms. The second-order valence-corrected chi connectivity index (χ2v) is 9.50. The number of allylic oxidation sites excluding steroid dienone is 1. The van der Waals surface area contributed by atoms with Crippen LogP contribution >= 0.6 is 22.9 Å². The molecule has 4 aromatic rings. The van der Waals surface area contributed by atoms with E-state index in [2.05, 4.69) is 18.2 Å². The highest BCUT2D eigenvalue weighted by molar-refractivity contribution is 7.07. The molecule has 2 aromatic carbocycles. The van der Waals surface area contributed by atoms with E-state index >= 15 is 0 Å². The number of furan rings is 1. The average Bonchev–Trinajstić information content (AvgIpc) is 3.35. The second kappa shape index (κ2) is 7.47. The lowest BCUT2D eigenvalue weighted by atomic mass is 9.83. The van der Waals surface area contributed by atoms with E-state index in [0.29, 0.717) is 20.1 Å². The molecule has 4 nitrogen and oxygen atoms in total. The number of halogens is 1. The number of thiazole rings is 1. The molecule has 1 aliphatic heterocycles. The molecule has 158 valence electrons. The Bertz CT molecular complexity index is 1590. The van der Waals surface area contributed by atoms with Gasteiger partial charge in [0, 0.05) is 16.7 Å². The quantitative estimate of drug-likeness (QED) is 0.430. The first-order valence-corrected chi connectivity index (χ1v) is 11.7. The Morgan fingerprint density at radius 3 is 2.72 bits per heavy atom. The zero-order valence-electron chi connectivity index (χ0n) is 17.3. The molecular formula is C26H19ClN2O2S. The molecular weight excluding hydrogens is 440 g/mol. The van der Waals surface area contributed by atoms with Crippen molar-refractivity contribution in [3.05, 3.63) is 119 Å². The van der Waals surface area contributed by atoms with Crippen molar-refractivity contribution in [1.29, 1.82) is 0 Å². The smallest absolute Gasteiger partial charge is 0.271 e. The van der Waals surface area contributed by atoms with Crippen LogP contribution in [0.15, 0.2) is 80.4 Å². The molecule has 0 saturated heterocycles. The van der Waals surface area contributed by atoms with E-state index in [-0.39, 0.29) is 11.6 Å². The van der Waals surface area contributed by atoms with Gasteiger partial charge in [0.15, 0.2) is 4.80 Å². The Hall–Kier alpha value is -3.15. The molecule has 0 spiro atoms. The molecule has 0 amide bonds. The van der Waals surface area contributed by atoms with Gasteiger partial charge in [-0.15, -0.1) is 0 Å². The van der Waals surface area contributed by atoms with Crippen molar-refractivity contribution < 1.29 is 4.42 Å². The number of aryl methyl sites for hydroxylation is 2. The summed E-state index contributed by atoms with van der Waals surface area (Å²) in [6.45, 7) is 1.89. The van der Waals surface area contributed by atoms with Gasteiger partial charge in [0.2, 0.25) is 0 Å². The SMILES string of the molecule is Cc1ccc(/C=c2\sc3n(c2=O)C(c2ccccc2Cl)C2=C(N=3)c3ccccc3CC2)o1. The number of hydrogen-bond donors (Lipinski definition) is 0. The Labute approximate surface area is 193 Å². The largest absolute Gasteiger partial charge is 0.462 e. The number of benzene rings is 2. The molecule has 2 aromatic heterocycles. The molecule has 32 heavy (non-hydrogen) atoms. The van der Waals surface area contributed by atoms with Crippen LogP contribution in [0.2, 0.25) is 5.02 Å². The maximum atomic E-state index is 13.6. The van der Waals surface area contributed by atoms with Crippen molar-refractivity contribution in [2.24, 2.45) is 4.99 Å². The summed E-state index contributed by atoms with van der Waals surface area (Å²) in [5.74, 6) is 1.47. The molecule has 0 radical (unpaired) electrons. The second-order valence-electron chi connectivity index (χ2n) is 8.08. The third-order valence-corrected chi connectivity index (χ3v) is 7.43. The van der Waals surface area contributed by atoms with Gasteiger partial charge in [0.25, 0.3) is 5.56 Å². The minimum Gasteiger partial charge on any atom is -0.462 e. The van der Waals surface area contributed by atoms with E-state index in [9.17, 15) is 4.79 Å². The molecule has 6 rings (SSSR count). The topological polar surface area (TPSA) is 47.5 Å². The fraction of sp³-hybridized carbons (Fsp3) is 0.154. The van der Waals surface area contributed by atoms with E-state index in [0.717, 1.165) is 41.0 Å². The lowest BCUT2D eigenvalue weighted by Crippen LogP contribution is -2.38. The van der Waals surface area contributed by atoms with Crippen LogP contribution in [-0.2, 0) is 6.42 Å². The normalized spacial score (nSPS) is 17.6. The van der Waals surface area contributed by atoms with Gasteiger partial charge >= 0.3 is 0 Å². The Morgan fingerprint density at radius 1 is 1.09 bits per heavy atom. The minimum atomic E-state index is -0.274. The van der Waals surface area contributed by atoms with Gasteiger partial charge in [-0.3, -0.25) is 9.36 Å². The number of fused-ring (bicyclic) bond motifs is 3. The van der Waals surface area contributed by atoms with E-state index in [1.165, 1.54) is 16.9 Å². The Morgan fingerprint density at radius 2 is 1.91 bits per heavy atom. The Kier molecular flexibility index (Phi) is 4.56. The first-order chi connectivity index (χ1) is 15.6. The number of aromatic nitrogens is 1. The summed E-state index contributed by atoms with van der Waals surface area (Å²) in [7, 11) is 0. The fourth-order valence-electron chi connectivity index (χ4n) is 4.66. The highest BCUT2D eigenvalue weighted by Crippen LogP contribution is 2.42. The maximum absolute atomic E-state index is 13.6. The summed E-state index contributed by atoms with van der Waals surface area (Å²) in [5, 5.41) is 0.654. The fourth-order valence-corrected chi connectivity index (χ4v) is 5.88. The van der Waals surface area contributed by atoms with Crippen LogP contribution in [0.4, 0.5) is 0 Å². The van der Waals surface area contributed by atoms with Crippen molar-refractivity contribution in [1.82, 2.24) is 4.57 Å². The third kappa shape index (κ3) is 3.04. The lowest BCUT2D eigenvalue weighted by Gasteiger charge is -2.31. The van der Waals surface area contributed by atoms with Gasteiger partial charge in [0.05, 0.1) is 16.3 Å². The van der Waals surface area contributed by atoms with E-state index in [4.69, 9.17) is 21.0 Å². The zero-order valence-corrected chi connectivity index (χ0v) is 18.9. The molecule has 0 N–H and O–H groups in total. The molecule has 1 unspecified atom stereocenters.